The Bertz CT molecular complexity index is 499. The van der Waals surface area contributed by atoms with Crippen molar-refractivity contribution in [2.24, 2.45) is 0 Å². The molecule has 0 amide bonds. The van der Waals surface area contributed by atoms with Crippen LogP contribution in [0.25, 0.3) is 0 Å². The molecule has 122 valence electrons. The van der Waals surface area contributed by atoms with Gasteiger partial charge < -0.3 is 25.0 Å². The van der Waals surface area contributed by atoms with Crippen LogP contribution >= 0.6 is 0 Å². The van der Waals surface area contributed by atoms with Crippen molar-refractivity contribution in [1.82, 2.24) is 10.2 Å². The fourth-order valence-corrected chi connectivity index (χ4v) is 3.00. The zero-order chi connectivity index (χ0) is 15.4. The molecule has 0 bridgehead atoms. The minimum Gasteiger partial charge on any atom is -0.492 e. The van der Waals surface area contributed by atoms with E-state index in [9.17, 15) is 0 Å². The molecule has 0 radical (unpaired) electrons. The predicted molar refractivity (Wildman–Crippen MR) is 88.7 cm³/mol. The monoisotopic (exact) mass is 305 g/mol. The number of likely N-dealkylation sites (N-methyl/N-ethyl adjacent to an activating group) is 1. The van der Waals surface area contributed by atoms with Gasteiger partial charge in [0.1, 0.15) is 12.4 Å². The lowest BCUT2D eigenvalue weighted by Gasteiger charge is -2.24. The number of rotatable bonds is 6. The summed E-state index contributed by atoms with van der Waals surface area (Å²) in [5, 5.41) is 7.12. The predicted octanol–water partition coefficient (Wildman–Crippen LogP) is 1.47. The third-order valence-electron chi connectivity index (χ3n) is 4.29. The van der Waals surface area contributed by atoms with E-state index >= 15 is 0 Å². The molecule has 1 atom stereocenters. The molecule has 0 aromatic heterocycles. The standard InChI is InChI=1S/C17H27N3O2/c1-20(2)6-8-22-15-9-13-3-5-18-11-16(13)17(10-15)19-14-4-7-21-12-14/h9-10,14,18-19H,3-8,11-12H2,1-2H3/t14-/m0/s1. The molecule has 0 unspecified atom stereocenters. The Labute approximate surface area is 133 Å². The first kappa shape index (κ1) is 15.6. The average molecular weight is 305 g/mol. The molecule has 22 heavy (non-hydrogen) atoms. The van der Waals surface area contributed by atoms with E-state index in [1.807, 2.05) is 0 Å². The van der Waals surface area contributed by atoms with Crippen molar-refractivity contribution in [3.63, 3.8) is 0 Å². The number of benzene rings is 1. The van der Waals surface area contributed by atoms with Gasteiger partial charge in [-0.2, -0.15) is 0 Å². The van der Waals surface area contributed by atoms with Crippen LogP contribution in [0.3, 0.4) is 0 Å². The summed E-state index contributed by atoms with van der Waals surface area (Å²) in [6.07, 6.45) is 2.14. The highest BCUT2D eigenvalue weighted by Crippen LogP contribution is 2.30. The summed E-state index contributed by atoms with van der Waals surface area (Å²) in [5.41, 5.74) is 4.00. The number of ether oxygens (including phenoxy) is 2. The van der Waals surface area contributed by atoms with Crippen LogP contribution < -0.4 is 15.4 Å². The van der Waals surface area contributed by atoms with Gasteiger partial charge in [0, 0.05) is 31.5 Å². The summed E-state index contributed by atoms with van der Waals surface area (Å²) >= 11 is 0. The number of hydrogen-bond donors (Lipinski definition) is 2. The van der Waals surface area contributed by atoms with Crippen LogP contribution in [0, 0.1) is 0 Å². The normalized spacial score (nSPS) is 21.0. The van der Waals surface area contributed by atoms with Crippen molar-refractivity contribution in [2.75, 3.05) is 52.3 Å². The average Bonchev–Trinajstić information content (AvgIpc) is 3.00. The van der Waals surface area contributed by atoms with E-state index in [1.165, 1.54) is 16.8 Å². The molecule has 0 aliphatic carbocycles. The van der Waals surface area contributed by atoms with Crippen LogP contribution in [-0.4, -0.2) is 57.9 Å². The van der Waals surface area contributed by atoms with E-state index < -0.39 is 0 Å². The first-order chi connectivity index (χ1) is 10.7. The molecular weight excluding hydrogens is 278 g/mol. The minimum absolute atomic E-state index is 0.419. The summed E-state index contributed by atoms with van der Waals surface area (Å²) in [6.45, 7) is 5.28. The summed E-state index contributed by atoms with van der Waals surface area (Å²) in [4.78, 5) is 2.14. The summed E-state index contributed by atoms with van der Waals surface area (Å²) < 4.78 is 11.4. The van der Waals surface area contributed by atoms with Crippen LogP contribution in [0.4, 0.5) is 5.69 Å². The van der Waals surface area contributed by atoms with Crippen LogP contribution in [-0.2, 0) is 17.7 Å². The van der Waals surface area contributed by atoms with Crippen molar-refractivity contribution < 1.29 is 9.47 Å². The van der Waals surface area contributed by atoms with Crippen LogP contribution in [0.2, 0.25) is 0 Å². The molecule has 1 fully saturated rings. The lowest BCUT2D eigenvalue weighted by atomic mass is 9.98. The second-order valence-electron chi connectivity index (χ2n) is 6.39. The molecule has 1 aromatic rings. The molecule has 0 saturated carbocycles. The number of anilines is 1. The maximum Gasteiger partial charge on any atom is 0.121 e. The number of nitrogens with zero attached hydrogens (tertiary/aromatic N) is 1. The minimum atomic E-state index is 0.419. The SMILES string of the molecule is CN(C)CCOc1cc2c(c(N[C@H]3CCOC3)c1)CNCC2. The van der Waals surface area contributed by atoms with E-state index in [4.69, 9.17) is 9.47 Å². The van der Waals surface area contributed by atoms with Gasteiger partial charge in [-0.25, -0.2) is 0 Å². The highest BCUT2D eigenvalue weighted by molar-refractivity contribution is 5.60. The van der Waals surface area contributed by atoms with Crippen LogP contribution in [0.5, 0.6) is 5.75 Å². The number of hydrogen-bond acceptors (Lipinski definition) is 5. The molecule has 0 spiro atoms. The molecule has 1 aromatic carbocycles. The number of fused-ring (bicyclic) bond motifs is 1. The molecule has 3 rings (SSSR count). The first-order valence-electron chi connectivity index (χ1n) is 8.20. The quantitative estimate of drug-likeness (QED) is 0.833. The molecule has 1 saturated heterocycles. The second kappa shape index (κ2) is 7.31. The van der Waals surface area contributed by atoms with Gasteiger partial charge in [0.25, 0.3) is 0 Å². The highest BCUT2D eigenvalue weighted by Gasteiger charge is 2.20. The van der Waals surface area contributed by atoms with Gasteiger partial charge in [-0.3, -0.25) is 0 Å². The summed E-state index contributed by atoms with van der Waals surface area (Å²) in [7, 11) is 4.13. The summed E-state index contributed by atoms with van der Waals surface area (Å²) in [6, 6.07) is 4.78. The largest absolute Gasteiger partial charge is 0.492 e. The van der Waals surface area contributed by atoms with Gasteiger partial charge in [0.15, 0.2) is 0 Å². The zero-order valence-electron chi connectivity index (χ0n) is 13.7. The van der Waals surface area contributed by atoms with E-state index in [0.29, 0.717) is 6.04 Å². The van der Waals surface area contributed by atoms with Gasteiger partial charge in [-0.15, -0.1) is 0 Å². The van der Waals surface area contributed by atoms with Gasteiger partial charge in [0.2, 0.25) is 0 Å². The Kier molecular flexibility index (Phi) is 5.18. The third-order valence-corrected chi connectivity index (χ3v) is 4.29. The van der Waals surface area contributed by atoms with E-state index in [1.54, 1.807) is 0 Å². The number of nitrogens with one attached hydrogen (secondary N) is 2. The van der Waals surface area contributed by atoms with Crippen LogP contribution in [0.15, 0.2) is 12.1 Å². The van der Waals surface area contributed by atoms with Crippen molar-refractivity contribution in [3.05, 3.63) is 23.3 Å². The molecular formula is C17H27N3O2. The maximum atomic E-state index is 5.95. The zero-order valence-corrected chi connectivity index (χ0v) is 13.7. The second-order valence-corrected chi connectivity index (χ2v) is 6.39. The van der Waals surface area contributed by atoms with Crippen molar-refractivity contribution in [2.45, 2.75) is 25.4 Å². The molecule has 5 nitrogen and oxygen atoms in total. The highest BCUT2D eigenvalue weighted by atomic mass is 16.5. The molecule has 2 heterocycles. The Balaban J connectivity index is 1.75. The van der Waals surface area contributed by atoms with Gasteiger partial charge >= 0.3 is 0 Å². The fourth-order valence-electron chi connectivity index (χ4n) is 3.00. The van der Waals surface area contributed by atoms with Crippen molar-refractivity contribution in [1.29, 1.82) is 0 Å². The fraction of sp³-hybridized carbons (Fsp3) is 0.647. The lowest BCUT2D eigenvalue weighted by Crippen LogP contribution is -2.27. The molecule has 2 aliphatic rings. The summed E-state index contributed by atoms with van der Waals surface area (Å²) in [5.74, 6) is 0.976. The van der Waals surface area contributed by atoms with Gasteiger partial charge in [-0.05, 0) is 50.7 Å². The van der Waals surface area contributed by atoms with Crippen LogP contribution in [0.1, 0.15) is 17.5 Å². The van der Waals surface area contributed by atoms with E-state index in [2.05, 4.69) is 41.8 Å². The third kappa shape index (κ3) is 3.91. The van der Waals surface area contributed by atoms with Crippen molar-refractivity contribution in [3.8, 4) is 5.75 Å². The Hall–Kier alpha value is -1.30. The lowest BCUT2D eigenvalue weighted by molar-refractivity contribution is 0.195. The molecule has 5 heteroatoms. The van der Waals surface area contributed by atoms with Gasteiger partial charge in [0.05, 0.1) is 12.6 Å². The van der Waals surface area contributed by atoms with Crippen molar-refractivity contribution >= 4 is 5.69 Å². The smallest absolute Gasteiger partial charge is 0.121 e. The molecule has 2 N–H and O–H groups in total. The molecule has 2 aliphatic heterocycles. The first-order valence-corrected chi connectivity index (χ1v) is 8.20. The Morgan fingerprint density at radius 1 is 1.41 bits per heavy atom. The van der Waals surface area contributed by atoms with E-state index in [-0.39, 0.29) is 0 Å². The maximum absolute atomic E-state index is 5.95. The Morgan fingerprint density at radius 3 is 3.09 bits per heavy atom. The Morgan fingerprint density at radius 2 is 2.32 bits per heavy atom. The van der Waals surface area contributed by atoms with E-state index in [0.717, 1.165) is 58.0 Å². The topological polar surface area (TPSA) is 45.8 Å². The van der Waals surface area contributed by atoms with Gasteiger partial charge in [-0.1, -0.05) is 0 Å².